The van der Waals surface area contributed by atoms with Gasteiger partial charge in [-0.2, -0.15) is 5.26 Å². The summed E-state index contributed by atoms with van der Waals surface area (Å²) >= 11 is 0. The minimum absolute atomic E-state index is 0.0937. The van der Waals surface area contributed by atoms with E-state index in [1.807, 2.05) is 17.0 Å². The van der Waals surface area contributed by atoms with Crippen molar-refractivity contribution in [2.45, 2.75) is 6.42 Å². The molecule has 7 heteroatoms. The Morgan fingerprint density at radius 3 is 2.46 bits per heavy atom. The zero-order valence-electron chi connectivity index (χ0n) is 14.4. The lowest BCUT2D eigenvalue weighted by molar-refractivity contribution is -0.117. The van der Waals surface area contributed by atoms with Gasteiger partial charge in [0.1, 0.15) is 0 Å². The highest BCUT2D eigenvalue weighted by Gasteiger charge is 2.24. The van der Waals surface area contributed by atoms with Gasteiger partial charge in [-0.05, 0) is 29.8 Å². The van der Waals surface area contributed by atoms with Crippen molar-refractivity contribution in [3.05, 3.63) is 54.0 Å². The van der Waals surface area contributed by atoms with Crippen molar-refractivity contribution in [1.82, 2.24) is 9.80 Å². The average molecular weight is 352 g/mol. The van der Waals surface area contributed by atoms with Gasteiger partial charge < -0.3 is 14.6 Å². The van der Waals surface area contributed by atoms with Gasteiger partial charge in [-0.3, -0.25) is 14.5 Å². The van der Waals surface area contributed by atoms with Crippen LogP contribution < -0.4 is 5.32 Å². The third-order valence-corrected chi connectivity index (χ3v) is 4.28. The molecule has 0 atom stereocenters. The maximum atomic E-state index is 12.2. The normalized spacial score (nSPS) is 14.7. The first-order valence-corrected chi connectivity index (χ1v) is 8.46. The van der Waals surface area contributed by atoms with E-state index in [9.17, 15) is 9.59 Å². The Kier molecular flexibility index (Phi) is 5.66. The first-order valence-electron chi connectivity index (χ1n) is 8.46. The summed E-state index contributed by atoms with van der Waals surface area (Å²) in [5, 5.41) is 11.5. The van der Waals surface area contributed by atoms with E-state index in [4.69, 9.17) is 9.68 Å². The molecular weight excluding hydrogens is 332 g/mol. The summed E-state index contributed by atoms with van der Waals surface area (Å²) in [4.78, 5) is 28.2. The van der Waals surface area contributed by atoms with Gasteiger partial charge in [0.2, 0.25) is 5.91 Å². The number of carbonyl (C=O) groups is 2. The standard InChI is InChI=1S/C19H20N4O3/c20-8-7-15-3-5-16(6-4-15)21-18(24)14-22-9-11-23(12-10-22)19(25)17-2-1-13-26-17/h1-6,13H,7,9-12,14H2,(H,21,24). The van der Waals surface area contributed by atoms with Crippen LogP contribution in [0.1, 0.15) is 16.1 Å². The highest BCUT2D eigenvalue weighted by Crippen LogP contribution is 2.11. The van der Waals surface area contributed by atoms with E-state index < -0.39 is 0 Å². The molecule has 2 aromatic rings. The molecular formula is C19H20N4O3. The fourth-order valence-corrected chi connectivity index (χ4v) is 2.87. The van der Waals surface area contributed by atoms with Crippen LogP contribution in [0.25, 0.3) is 0 Å². The molecule has 0 radical (unpaired) electrons. The predicted octanol–water partition coefficient (Wildman–Crippen LogP) is 1.74. The van der Waals surface area contributed by atoms with Crippen LogP contribution >= 0.6 is 0 Å². The van der Waals surface area contributed by atoms with Crippen LogP contribution in [-0.2, 0) is 11.2 Å². The van der Waals surface area contributed by atoms with Crippen molar-refractivity contribution >= 4 is 17.5 Å². The Balaban J connectivity index is 1.44. The molecule has 0 saturated carbocycles. The number of rotatable bonds is 5. The quantitative estimate of drug-likeness (QED) is 0.885. The summed E-state index contributed by atoms with van der Waals surface area (Å²) in [6.45, 7) is 2.69. The summed E-state index contributed by atoms with van der Waals surface area (Å²) in [6.07, 6.45) is 1.84. The lowest BCUT2D eigenvalue weighted by Gasteiger charge is -2.33. The fourth-order valence-electron chi connectivity index (χ4n) is 2.87. The van der Waals surface area contributed by atoms with Crippen LogP contribution in [0.4, 0.5) is 5.69 Å². The van der Waals surface area contributed by atoms with E-state index in [-0.39, 0.29) is 18.4 Å². The second kappa shape index (κ2) is 8.32. The monoisotopic (exact) mass is 352 g/mol. The van der Waals surface area contributed by atoms with E-state index in [0.717, 1.165) is 5.56 Å². The summed E-state index contributed by atoms with van der Waals surface area (Å²) in [7, 11) is 0. The van der Waals surface area contributed by atoms with Gasteiger partial charge in [0, 0.05) is 31.9 Å². The number of piperazine rings is 1. The number of hydrogen-bond acceptors (Lipinski definition) is 5. The maximum absolute atomic E-state index is 12.2. The molecule has 0 spiro atoms. The first-order chi connectivity index (χ1) is 12.7. The Bertz CT molecular complexity index is 785. The molecule has 0 unspecified atom stereocenters. The molecule has 1 N–H and O–H groups in total. The molecule has 1 aromatic heterocycles. The molecule has 26 heavy (non-hydrogen) atoms. The second-order valence-electron chi connectivity index (χ2n) is 6.13. The van der Waals surface area contributed by atoms with Crippen LogP contribution in [0.15, 0.2) is 47.1 Å². The van der Waals surface area contributed by atoms with Crippen molar-refractivity contribution in [2.75, 3.05) is 38.0 Å². The number of benzene rings is 1. The van der Waals surface area contributed by atoms with Crippen LogP contribution in [0.3, 0.4) is 0 Å². The Labute approximate surface area is 151 Å². The lowest BCUT2D eigenvalue weighted by atomic mass is 10.1. The minimum atomic E-state index is -0.114. The number of nitriles is 1. The van der Waals surface area contributed by atoms with Crippen LogP contribution in [-0.4, -0.2) is 54.3 Å². The molecule has 0 aliphatic carbocycles. The van der Waals surface area contributed by atoms with Gasteiger partial charge in [0.25, 0.3) is 5.91 Å². The summed E-state index contributed by atoms with van der Waals surface area (Å²) in [6, 6.07) is 12.7. The van der Waals surface area contributed by atoms with Crippen molar-refractivity contribution in [3.63, 3.8) is 0 Å². The molecule has 1 saturated heterocycles. The smallest absolute Gasteiger partial charge is 0.289 e. The molecule has 2 heterocycles. The molecule has 134 valence electrons. The molecule has 1 aliphatic rings. The Hall–Kier alpha value is -3.11. The number of anilines is 1. The van der Waals surface area contributed by atoms with E-state index in [1.54, 1.807) is 29.2 Å². The molecule has 1 fully saturated rings. The average Bonchev–Trinajstić information content (AvgIpc) is 3.18. The minimum Gasteiger partial charge on any atom is -0.459 e. The molecule has 1 aromatic carbocycles. The van der Waals surface area contributed by atoms with Crippen LogP contribution in [0.2, 0.25) is 0 Å². The first kappa shape index (κ1) is 17.7. The zero-order chi connectivity index (χ0) is 18.4. The highest BCUT2D eigenvalue weighted by atomic mass is 16.3. The topological polar surface area (TPSA) is 89.6 Å². The summed E-state index contributed by atoms with van der Waals surface area (Å²) in [5.41, 5.74) is 1.63. The molecule has 1 aliphatic heterocycles. The third kappa shape index (κ3) is 4.49. The number of amides is 2. The number of furan rings is 1. The van der Waals surface area contributed by atoms with E-state index >= 15 is 0 Å². The van der Waals surface area contributed by atoms with Gasteiger partial charge in [0.05, 0.1) is 25.3 Å². The lowest BCUT2D eigenvalue weighted by Crippen LogP contribution is -2.50. The summed E-state index contributed by atoms with van der Waals surface area (Å²) in [5.74, 6) is 0.136. The second-order valence-corrected chi connectivity index (χ2v) is 6.13. The number of nitrogens with zero attached hydrogens (tertiary/aromatic N) is 3. The third-order valence-electron chi connectivity index (χ3n) is 4.28. The maximum Gasteiger partial charge on any atom is 0.289 e. The van der Waals surface area contributed by atoms with Crippen molar-refractivity contribution in [3.8, 4) is 6.07 Å². The van der Waals surface area contributed by atoms with Gasteiger partial charge >= 0.3 is 0 Å². The summed E-state index contributed by atoms with van der Waals surface area (Å²) < 4.78 is 5.14. The van der Waals surface area contributed by atoms with Gasteiger partial charge in [-0.1, -0.05) is 12.1 Å². The zero-order valence-corrected chi connectivity index (χ0v) is 14.4. The van der Waals surface area contributed by atoms with Crippen LogP contribution in [0, 0.1) is 11.3 Å². The van der Waals surface area contributed by atoms with Gasteiger partial charge in [0.15, 0.2) is 5.76 Å². The Morgan fingerprint density at radius 2 is 1.85 bits per heavy atom. The van der Waals surface area contributed by atoms with Crippen molar-refractivity contribution < 1.29 is 14.0 Å². The van der Waals surface area contributed by atoms with Crippen molar-refractivity contribution in [2.24, 2.45) is 0 Å². The Morgan fingerprint density at radius 1 is 1.12 bits per heavy atom. The van der Waals surface area contributed by atoms with E-state index in [2.05, 4.69) is 11.4 Å². The number of hydrogen-bond donors (Lipinski definition) is 1. The fraction of sp³-hybridized carbons (Fsp3) is 0.316. The van der Waals surface area contributed by atoms with Gasteiger partial charge in [-0.25, -0.2) is 0 Å². The molecule has 2 amide bonds. The number of nitrogens with one attached hydrogen (secondary N) is 1. The number of carbonyl (C=O) groups excluding carboxylic acids is 2. The SMILES string of the molecule is N#CCc1ccc(NC(=O)CN2CCN(C(=O)c3ccco3)CC2)cc1. The predicted molar refractivity (Wildman–Crippen MR) is 95.4 cm³/mol. The molecule has 0 bridgehead atoms. The van der Waals surface area contributed by atoms with E-state index in [0.29, 0.717) is 44.0 Å². The van der Waals surface area contributed by atoms with Gasteiger partial charge in [-0.15, -0.1) is 0 Å². The largest absolute Gasteiger partial charge is 0.459 e. The molecule has 7 nitrogen and oxygen atoms in total. The molecule has 3 rings (SSSR count). The van der Waals surface area contributed by atoms with E-state index in [1.165, 1.54) is 6.26 Å². The highest BCUT2D eigenvalue weighted by molar-refractivity contribution is 5.92. The van der Waals surface area contributed by atoms with Crippen LogP contribution in [0.5, 0.6) is 0 Å². The van der Waals surface area contributed by atoms with Crippen molar-refractivity contribution in [1.29, 1.82) is 5.26 Å².